The molecule has 0 aromatic heterocycles. The molecule has 0 saturated carbocycles. The SMILES string of the molecule is COc1ccc(S(=O)(=O)NCCc2cc(F)ccc2F)cc1. The molecule has 118 valence electrons. The summed E-state index contributed by atoms with van der Waals surface area (Å²) >= 11 is 0. The molecule has 2 aromatic carbocycles. The van der Waals surface area contributed by atoms with Gasteiger partial charge in [0.25, 0.3) is 0 Å². The second-order valence-corrected chi connectivity index (χ2v) is 6.33. The zero-order chi connectivity index (χ0) is 16.2. The van der Waals surface area contributed by atoms with Gasteiger partial charge < -0.3 is 4.74 Å². The van der Waals surface area contributed by atoms with Gasteiger partial charge in [0, 0.05) is 6.54 Å². The predicted molar refractivity (Wildman–Crippen MR) is 78.2 cm³/mol. The third-order valence-electron chi connectivity index (χ3n) is 3.06. The highest BCUT2D eigenvalue weighted by Gasteiger charge is 2.14. The second kappa shape index (κ2) is 6.85. The van der Waals surface area contributed by atoms with Gasteiger partial charge in [0.05, 0.1) is 12.0 Å². The Bertz CT molecular complexity index is 746. The smallest absolute Gasteiger partial charge is 0.240 e. The molecule has 0 atom stereocenters. The van der Waals surface area contributed by atoms with Crippen molar-refractivity contribution >= 4 is 10.0 Å². The van der Waals surface area contributed by atoms with Crippen LogP contribution in [0.3, 0.4) is 0 Å². The maximum Gasteiger partial charge on any atom is 0.240 e. The lowest BCUT2D eigenvalue weighted by molar-refractivity contribution is 0.414. The van der Waals surface area contributed by atoms with Crippen LogP contribution in [0.1, 0.15) is 5.56 Å². The van der Waals surface area contributed by atoms with E-state index in [9.17, 15) is 17.2 Å². The number of methoxy groups -OCH3 is 1. The molecule has 0 amide bonds. The highest BCUT2D eigenvalue weighted by atomic mass is 32.2. The summed E-state index contributed by atoms with van der Waals surface area (Å²) in [5, 5.41) is 0. The predicted octanol–water partition coefficient (Wildman–Crippen LogP) is 2.49. The molecule has 22 heavy (non-hydrogen) atoms. The molecule has 1 N–H and O–H groups in total. The normalized spacial score (nSPS) is 11.4. The van der Waals surface area contributed by atoms with Crippen LogP contribution in [-0.4, -0.2) is 22.1 Å². The van der Waals surface area contributed by atoms with Gasteiger partial charge in [-0.25, -0.2) is 21.9 Å². The minimum Gasteiger partial charge on any atom is -0.497 e. The molecule has 0 heterocycles. The minimum atomic E-state index is -3.70. The van der Waals surface area contributed by atoms with Gasteiger partial charge >= 0.3 is 0 Å². The average molecular weight is 327 g/mol. The summed E-state index contributed by atoms with van der Waals surface area (Å²) in [4.78, 5) is 0.0769. The first kappa shape index (κ1) is 16.4. The lowest BCUT2D eigenvalue weighted by atomic mass is 10.1. The molecule has 2 rings (SSSR count). The fraction of sp³-hybridized carbons (Fsp3) is 0.200. The molecule has 4 nitrogen and oxygen atoms in total. The van der Waals surface area contributed by atoms with Gasteiger partial charge in [-0.05, 0) is 54.4 Å². The summed E-state index contributed by atoms with van der Waals surface area (Å²) in [5.41, 5.74) is 0.123. The van der Waals surface area contributed by atoms with Crippen LogP contribution in [-0.2, 0) is 16.4 Å². The molecule has 7 heteroatoms. The van der Waals surface area contributed by atoms with E-state index < -0.39 is 21.7 Å². The molecule has 2 aromatic rings. The van der Waals surface area contributed by atoms with Gasteiger partial charge in [-0.3, -0.25) is 0 Å². The summed E-state index contributed by atoms with van der Waals surface area (Å²) in [5.74, 6) is -0.583. The Balaban J connectivity index is 2.01. The number of sulfonamides is 1. The van der Waals surface area contributed by atoms with Crippen molar-refractivity contribution in [3.63, 3.8) is 0 Å². The van der Waals surface area contributed by atoms with E-state index in [0.717, 1.165) is 18.2 Å². The quantitative estimate of drug-likeness (QED) is 0.887. The highest BCUT2D eigenvalue weighted by Crippen LogP contribution is 2.15. The summed E-state index contributed by atoms with van der Waals surface area (Å²) in [6.45, 7) is -0.0330. The molecule has 0 saturated heterocycles. The number of rotatable bonds is 6. The van der Waals surface area contributed by atoms with Crippen molar-refractivity contribution in [3.8, 4) is 5.75 Å². The molecule has 0 bridgehead atoms. The Morgan fingerprint density at radius 1 is 1.09 bits per heavy atom. The number of benzene rings is 2. The van der Waals surface area contributed by atoms with Crippen molar-refractivity contribution in [1.82, 2.24) is 4.72 Å². The maximum absolute atomic E-state index is 13.4. The molecule has 0 aliphatic heterocycles. The lowest BCUT2D eigenvalue weighted by Gasteiger charge is -2.08. The molecule has 0 aliphatic carbocycles. The van der Waals surface area contributed by atoms with Gasteiger partial charge in [-0.2, -0.15) is 0 Å². The Hall–Kier alpha value is -1.99. The molecule has 0 unspecified atom stereocenters. The first-order valence-corrected chi connectivity index (χ1v) is 7.98. The number of hydrogen-bond acceptors (Lipinski definition) is 3. The number of ether oxygens (including phenoxy) is 1. The van der Waals surface area contributed by atoms with Crippen LogP contribution < -0.4 is 9.46 Å². The van der Waals surface area contributed by atoms with Crippen molar-refractivity contribution in [1.29, 1.82) is 0 Å². The fourth-order valence-electron chi connectivity index (χ4n) is 1.89. The van der Waals surface area contributed by atoms with Crippen molar-refractivity contribution in [2.24, 2.45) is 0 Å². The van der Waals surface area contributed by atoms with Gasteiger partial charge in [-0.15, -0.1) is 0 Å². The van der Waals surface area contributed by atoms with E-state index in [2.05, 4.69) is 4.72 Å². The zero-order valence-electron chi connectivity index (χ0n) is 11.8. The number of nitrogens with one attached hydrogen (secondary N) is 1. The topological polar surface area (TPSA) is 55.4 Å². The van der Waals surface area contributed by atoms with E-state index >= 15 is 0 Å². The Labute approximate surface area is 127 Å². The van der Waals surface area contributed by atoms with Crippen LogP contribution in [0, 0.1) is 11.6 Å². The van der Waals surface area contributed by atoms with Crippen molar-refractivity contribution in [2.45, 2.75) is 11.3 Å². The van der Waals surface area contributed by atoms with Crippen LogP contribution in [0.15, 0.2) is 47.4 Å². The minimum absolute atomic E-state index is 0.0330. The van der Waals surface area contributed by atoms with E-state index in [0.29, 0.717) is 5.75 Å². The Morgan fingerprint density at radius 2 is 1.77 bits per heavy atom. The van der Waals surface area contributed by atoms with E-state index in [1.165, 1.54) is 31.4 Å². The van der Waals surface area contributed by atoms with Crippen LogP contribution in [0.2, 0.25) is 0 Å². The molecular weight excluding hydrogens is 312 g/mol. The van der Waals surface area contributed by atoms with Crippen LogP contribution >= 0.6 is 0 Å². The van der Waals surface area contributed by atoms with Crippen molar-refractivity contribution < 1.29 is 21.9 Å². The molecule has 0 radical (unpaired) electrons. The van der Waals surface area contributed by atoms with Gasteiger partial charge in [0.1, 0.15) is 17.4 Å². The second-order valence-electron chi connectivity index (χ2n) is 4.56. The maximum atomic E-state index is 13.4. The zero-order valence-corrected chi connectivity index (χ0v) is 12.7. The Morgan fingerprint density at radius 3 is 2.41 bits per heavy atom. The third-order valence-corrected chi connectivity index (χ3v) is 4.54. The van der Waals surface area contributed by atoms with Gasteiger partial charge in [-0.1, -0.05) is 0 Å². The monoisotopic (exact) mass is 327 g/mol. The van der Waals surface area contributed by atoms with Crippen molar-refractivity contribution in [3.05, 3.63) is 59.7 Å². The van der Waals surface area contributed by atoms with Crippen LogP contribution in [0.4, 0.5) is 8.78 Å². The van der Waals surface area contributed by atoms with Crippen LogP contribution in [0.5, 0.6) is 5.75 Å². The molecule has 0 spiro atoms. The molecule has 0 fully saturated rings. The van der Waals surface area contributed by atoms with Gasteiger partial charge in [0.15, 0.2) is 0 Å². The average Bonchev–Trinajstić information content (AvgIpc) is 2.50. The lowest BCUT2D eigenvalue weighted by Crippen LogP contribution is -2.26. The van der Waals surface area contributed by atoms with Gasteiger partial charge in [0.2, 0.25) is 10.0 Å². The van der Waals surface area contributed by atoms with E-state index in [4.69, 9.17) is 4.74 Å². The molecular formula is C15H15F2NO3S. The third kappa shape index (κ3) is 4.02. The number of halogens is 2. The largest absolute Gasteiger partial charge is 0.497 e. The molecule has 0 aliphatic rings. The first-order chi connectivity index (χ1) is 10.4. The highest BCUT2D eigenvalue weighted by molar-refractivity contribution is 7.89. The van der Waals surface area contributed by atoms with E-state index in [-0.39, 0.29) is 23.4 Å². The summed E-state index contributed by atoms with van der Waals surface area (Å²) in [6, 6.07) is 8.95. The summed E-state index contributed by atoms with van der Waals surface area (Å²) in [7, 11) is -2.22. The van der Waals surface area contributed by atoms with Crippen molar-refractivity contribution in [2.75, 3.05) is 13.7 Å². The van der Waals surface area contributed by atoms with E-state index in [1.807, 2.05) is 0 Å². The standard InChI is InChI=1S/C15H15F2NO3S/c1-21-13-3-5-14(6-4-13)22(19,20)18-9-8-11-10-12(16)2-7-15(11)17/h2-7,10,18H,8-9H2,1H3. The summed E-state index contributed by atoms with van der Waals surface area (Å²) in [6.07, 6.45) is 0.0545. The fourth-order valence-corrected chi connectivity index (χ4v) is 2.93. The van der Waals surface area contributed by atoms with Crippen LogP contribution in [0.25, 0.3) is 0 Å². The Kier molecular flexibility index (Phi) is 5.10. The first-order valence-electron chi connectivity index (χ1n) is 6.50. The number of hydrogen-bond donors (Lipinski definition) is 1. The summed E-state index contributed by atoms with van der Waals surface area (Å²) < 4.78 is 57.9. The van der Waals surface area contributed by atoms with E-state index in [1.54, 1.807) is 0 Å².